The molecule has 0 saturated carbocycles. The Labute approximate surface area is 142 Å². The van der Waals surface area contributed by atoms with Crippen molar-refractivity contribution in [3.63, 3.8) is 0 Å². The van der Waals surface area contributed by atoms with Crippen molar-refractivity contribution in [2.75, 3.05) is 24.7 Å². The Morgan fingerprint density at radius 3 is 2.22 bits per heavy atom. The van der Waals surface area contributed by atoms with Crippen molar-refractivity contribution in [3.8, 4) is 0 Å². The Balaban J connectivity index is 2.20. The van der Waals surface area contributed by atoms with E-state index < -0.39 is 10.0 Å². The van der Waals surface area contributed by atoms with Gasteiger partial charge in [0.25, 0.3) is 0 Å². The molecule has 0 aliphatic rings. The van der Waals surface area contributed by atoms with Gasteiger partial charge in [-0.1, -0.05) is 24.3 Å². The molecule has 0 spiro atoms. The minimum atomic E-state index is -3.50. The van der Waals surface area contributed by atoms with Gasteiger partial charge in [-0.2, -0.15) is 0 Å². The van der Waals surface area contributed by atoms with Crippen LogP contribution in [0.4, 0.5) is 11.4 Å². The van der Waals surface area contributed by atoms with Crippen LogP contribution >= 0.6 is 12.2 Å². The van der Waals surface area contributed by atoms with Crippen LogP contribution in [0.25, 0.3) is 0 Å². The average molecular weight is 349 g/mol. The molecule has 122 valence electrons. The second kappa shape index (κ2) is 7.08. The van der Waals surface area contributed by atoms with Gasteiger partial charge in [0, 0.05) is 25.5 Å². The molecule has 7 heteroatoms. The van der Waals surface area contributed by atoms with E-state index in [1.165, 1.54) is 18.4 Å². The first-order chi connectivity index (χ1) is 10.8. The van der Waals surface area contributed by atoms with Crippen molar-refractivity contribution in [3.05, 3.63) is 54.1 Å². The number of sulfonamides is 1. The topological polar surface area (TPSA) is 61.4 Å². The molecular weight excluding hydrogens is 330 g/mol. The van der Waals surface area contributed by atoms with E-state index in [1.807, 2.05) is 30.3 Å². The summed E-state index contributed by atoms with van der Waals surface area (Å²) < 4.78 is 25.9. The standard InChI is InChI=1S/C16H19N3O2S2/c1-12-9-10-14(11-15(12)23(20,21)19(2)3)18-16(22)17-13-7-5-4-6-8-13/h4-11H,1-3H3,(H2,17,18,22). The molecule has 0 aliphatic carbocycles. The van der Waals surface area contributed by atoms with Gasteiger partial charge in [0.2, 0.25) is 10.0 Å². The first-order valence-corrected chi connectivity index (χ1v) is 8.82. The first kappa shape index (κ1) is 17.4. The van der Waals surface area contributed by atoms with Crippen molar-refractivity contribution < 1.29 is 8.42 Å². The zero-order valence-corrected chi connectivity index (χ0v) is 14.8. The van der Waals surface area contributed by atoms with Crippen LogP contribution in [0.3, 0.4) is 0 Å². The molecule has 2 N–H and O–H groups in total. The molecule has 0 heterocycles. The van der Waals surface area contributed by atoms with Crippen LogP contribution in [0.5, 0.6) is 0 Å². The summed E-state index contributed by atoms with van der Waals surface area (Å²) in [6, 6.07) is 14.6. The Bertz CT molecular complexity index is 803. The highest BCUT2D eigenvalue weighted by molar-refractivity contribution is 7.89. The normalized spacial score (nSPS) is 11.3. The summed E-state index contributed by atoms with van der Waals surface area (Å²) >= 11 is 5.26. The van der Waals surface area contributed by atoms with Crippen LogP contribution in [0, 0.1) is 6.92 Å². The number of nitrogens with one attached hydrogen (secondary N) is 2. The van der Waals surface area contributed by atoms with E-state index in [9.17, 15) is 8.42 Å². The lowest BCUT2D eigenvalue weighted by atomic mass is 10.2. The van der Waals surface area contributed by atoms with Gasteiger partial charge >= 0.3 is 0 Å². The Kier molecular flexibility index (Phi) is 5.35. The second-order valence-corrected chi connectivity index (χ2v) is 7.74. The van der Waals surface area contributed by atoms with Crippen molar-refractivity contribution >= 4 is 38.7 Å². The fourth-order valence-electron chi connectivity index (χ4n) is 1.97. The number of anilines is 2. The zero-order chi connectivity index (χ0) is 17.0. The maximum atomic E-state index is 12.3. The van der Waals surface area contributed by atoms with Crippen LogP contribution in [-0.2, 0) is 10.0 Å². The van der Waals surface area contributed by atoms with Crippen LogP contribution in [-0.4, -0.2) is 31.9 Å². The molecule has 0 aliphatic heterocycles. The molecule has 2 aromatic carbocycles. The number of rotatable bonds is 4. The predicted octanol–water partition coefficient (Wildman–Crippen LogP) is 3.05. The number of hydrogen-bond donors (Lipinski definition) is 2. The molecule has 2 aromatic rings. The van der Waals surface area contributed by atoms with Crippen molar-refractivity contribution in [1.82, 2.24) is 4.31 Å². The second-order valence-electron chi connectivity index (χ2n) is 5.21. The number of para-hydroxylation sites is 1. The number of thiocarbonyl (C=S) groups is 1. The highest BCUT2D eigenvalue weighted by atomic mass is 32.2. The van der Waals surface area contributed by atoms with Crippen LogP contribution in [0.2, 0.25) is 0 Å². The number of benzene rings is 2. The van der Waals surface area contributed by atoms with Crippen LogP contribution < -0.4 is 10.6 Å². The maximum Gasteiger partial charge on any atom is 0.242 e. The lowest BCUT2D eigenvalue weighted by molar-refractivity contribution is 0.520. The molecular formula is C16H19N3O2S2. The van der Waals surface area contributed by atoms with Gasteiger partial charge in [-0.25, -0.2) is 12.7 Å². The summed E-state index contributed by atoms with van der Waals surface area (Å²) in [7, 11) is -0.474. The molecule has 5 nitrogen and oxygen atoms in total. The van der Waals surface area contributed by atoms with E-state index >= 15 is 0 Å². The van der Waals surface area contributed by atoms with Crippen molar-refractivity contribution in [2.24, 2.45) is 0 Å². The van der Waals surface area contributed by atoms with E-state index in [4.69, 9.17) is 12.2 Å². The largest absolute Gasteiger partial charge is 0.332 e. The monoisotopic (exact) mass is 349 g/mol. The molecule has 0 bridgehead atoms. The third-order valence-corrected chi connectivity index (χ3v) is 5.40. The Morgan fingerprint density at radius 2 is 1.61 bits per heavy atom. The molecule has 0 aromatic heterocycles. The lowest BCUT2D eigenvalue weighted by Gasteiger charge is -2.16. The molecule has 0 saturated heterocycles. The molecule has 0 radical (unpaired) electrons. The van der Waals surface area contributed by atoms with Gasteiger partial charge in [0.15, 0.2) is 5.11 Å². The van der Waals surface area contributed by atoms with Crippen LogP contribution in [0.15, 0.2) is 53.4 Å². The number of aryl methyl sites for hydroxylation is 1. The maximum absolute atomic E-state index is 12.3. The van der Waals surface area contributed by atoms with E-state index in [1.54, 1.807) is 25.1 Å². The molecule has 0 unspecified atom stereocenters. The quantitative estimate of drug-likeness (QED) is 0.831. The third kappa shape index (κ3) is 4.28. The summed E-state index contributed by atoms with van der Waals surface area (Å²) in [6.07, 6.45) is 0. The zero-order valence-electron chi connectivity index (χ0n) is 13.2. The minimum Gasteiger partial charge on any atom is -0.332 e. The van der Waals surface area contributed by atoms with Gasteiger partial charge in [-0.15, -0.1) is 0 Å². The van der Waals surface area contributed by atoms with Gasteiger partial charge in [0.1, 0.15) is 0 Å². The fraction of sp³-hybridized carbons (Fsp3) is 0.188. The predicted molar refractivity (Wildman–Crippen MR) is 98.3 cm³/mol. The van der Waals surface area contributed by atoms with E-state index in [0.717, 1.165) is 5.69 Å². The molecule has 0 amide bonds. The SMILES string of the molecule is Cc1ccc(NC(=S)Nc2ccccc2)cc1S(=O)(=O)N(C)C. The minimum absolute atomic E-state index is 0.259. The smallest absolute Gasteiger partial charge is 0.242 e. The van der Waals surface area contributed by atoms with E-state index in [0.29, 0.717) is 16.4 Å². The molecule has 2 rings (SSSR count). The average Bonchev–Trinajstić information content (AvgIpc) is 2.49. The van der Waals surface area contributed by atoms with Gasteiger partial charge in [0.05, 0.1) is 4.90 Å². The van der Waals surface area contributed by atoms with Gasteiger partial charge < -0.3 is 10.6 Å². The number of hydrogen-bond acceptors (Lipinski definition) is 3. The summed E-state index contributed by atoms with van der Waals surface area (Å²) in [4.78, 5) is 0.259. The highest BCUT2D eigenvalue weighted by Crippen LogP contribution is 2.22. The Morgan fingerprint density at radius 1 is 1.00 bits per heavy atom. The van der Waals surface area contributed by atoms with E-state index in [-0.39, 0.29) is 4.90 Å². The van der Waals surface area contributed by atoms with Gasteiger partial charge in [-0.3, -0.25) is 0 Å². The highest BCUT2D eigenvalue weighted by Gasteiger charge is 2.20. The third-order valence-electron chi connectivity index (χ3n) is 3.24. The Hall–Kier alpha value is -1.96. The molecule has 0 atom stereocenters. The van der Waals surface area contributed by atoms with Gasteiger partial charge in [-0.05, 0) is 49.0 Å². The summed E-state index contributed by atoms with van der Waals surface area (Å²) in [6.45, 7) is 1.76. The van der Waals surface area contributed by atoms with Crippen molar-refractivity contribution in [2.45, 2.75) is 11.8 Å². The summed E-state index contributed by atoms with van der Waals surface area (Å²) in [5.74, 6) is 0. The summed E-state index contributed by atoms with van der Waals surface area (Å²) in [5.41, 5.74) is 2.16. The summed E-state index contributed by atoms with van der Waals surface area (Å²) in [5, 5.41) is 6.45. The van der Waals surface area contributed by atoms with Crippen LogP contribution in [0.1, 0.15) is 5.56 Å². The van der Waals surface area contributed by atoms with Crippen molar-refractivity contribution in [1.29, 1.82) is 0 Å². The number of nitrogens with zero attached hydrogens (tertiary/aromatic N) is 1. The molecule has 0 fully saturated rings. The fourth-order valence-corrected chi connectivity index (χ4v) is 3.35. The van der Waals surface area contributed by atoms with E-state index in [2.05, 4.69) is 10.6 Å². The first-order valence-electron chi connectivity index (χ1n) is 6.97. The lowest BCUT2D eigenvalue weighted by Crippen LogP contribution is -2.24. The molecule has 23 heavy (non-hydrogen) atoms.